The number of amides is 1. The summed E-state index contributed by atoms with van der Waals surface area (Å²) >= 11 is 6.17. The highest BCUT2D eigenvalue weighted by molar-refractivity contribution is 6.32. The van der Waals surface area contributed by atoms with Gasteiger partial charge in [-0.1, -0.05) is 48.4 Å². The van der Waals surface area contributed by atoms with Crippen LogP contribution in [0.4, 0.5) is 0 Å². The molecule has 144 valence electrons. The molecule has 1 aliphatic rings. The van der Waals surface area contributed by atoms with Crippen molar-refractivity contribution in [2.75, 3.05) is 0 Å². The topological polar surface area (TPSA) is 47.6 Å². The van der Waals surface area contributed by atoms with Gasteiger partial charge in [0.1, 0.15) is 17.1 Å². The average Bonchev–Trinajstić information content (AvgIpc) is 2.61. The summed E-state index contributed by atoms with van der Waals surface area (Å²) < 4.78 is 12.0. The zero-order chi connectivity index (χ0) is 19.6. The van der Waals surface area contributed by atoms with E-state index in [2.05, 4.69) is 11.4 Å². The number of benzene rings is 2. The Morgan fingerprint density at radius 2 is 2.07 bits per heavy atom. The van der Waals surface area contributed by atoms with Gasteiger partial charge in [-0.15, -0.1) is 0 Å². The van der Waals surface area contributed by atoms with E-state index in [4.69, 9.17) is 21.1 Å². The molecule has 0 aliphatic carbocycles. The Morgan fingerprint density at radius 3 is 2.78 bits per heavy atom. The Bertz CT molecular complexity index is 834. The van der Waals surface area contributed by atoms with E-state index in [1.54, 1.807) is 12.1 Å². The second-order valence-corrected chi connectivity index (χ2v) is 8.02. The lowest BCUT2D eigenvalue weighted by atomic mass is 9.88. The molecule has 0 spiro atoms. The fraction of sp³-hybridized carbons (Fsp3) is 0.409. The van der Waals surface area contributed by atoms with Crippen molar-refractivity contribution < 1.29 is 14.3 Å². The van der Waals surface area contributed by atoms with Crippen molar-refractivity contribution in [3.63, 3.8) is 0 Å². The maximum atomic E-state index is 12.9. The third-order valence-corrected chi connectivity index (χ3v) is 5.02. The molecule has 0 unspecified atom stereocenters. The molecule has 27 heavy (non-hydrogen) atoms. The quantitative estimate of drug-likeness (QED) is 0.764. The lowest BCUT2D eigenvalue weighted by molar-refractivity contribution is -0.129. The Hall–Kier alpha value is -2.20. The van der Waals surface area contributed by atoms with E-state index in [1.165, 1.54) is 0 Å². The van der Waals surface area contributed by atoms with E-state index in [-0.39, 0.29) is 17.6 Å². The minimum atomic E-state index is -0.607. The highest BCUT2D eigenvalue weighted by atomic mass is 35.5. The summed E-state index contributed by atoms with van der Waals surface area (Å²) in [4.78, 5) is 12.9. The number of aryl methyl sites for hydroxylation is 1. The number of ether oxygens (including phenoxy) is 2. The summed E-state index contributed by atoms with van der Waals surface area (Å²) in [6.45, 7) is 8.03. The van der Waals surface area contributed by atoms with Gasteiger partial charge >= 0.3 is 0 Å². The first-order valence-corrected chi connectivity index (χ1v) is 9.68. The third kappa shape index (κ3) is 4.56. The molecular formula is C22H26ClNO3. The number of nitrogens with one attached hydrogen (secondary N) is 1. The van der Waals surface area contributed by atoms with E-state index in [0.29, 0.717) is 23.6 Å². The lowest BCUT2D eigenvalue weighted by Crippen LogP contribution is -2.45. The van der Waals surface area contributed by atoms with Gasteiger partial charge in [0.25, 0.3) is 5.91 Å². The number of rotatable bonds is 5. The van der Waals surface area contributed by atoms with Gasteiger partial charge in [0.05, 0.1) is 11.1 Å². The van der Waals surface area contributed by atoms with Crippen LogP contribution in [0.1, 0.15) is 50.8 Å². The molecule has 1 heterocycles. The molecule has 0 saturated carbocycles. The largest absolute Gasteiger partial charge is 0.487 e. The van der Waals surface area contributed by atoms with Crippen molar-refractivity contribution in [3.8, 4) is 11.5 Å². The highest BCUT2D eigenvalue weighted by Gasteiger charge is 2.35. The predicted molar refractivity (Wildman–Crippen MR) is 108 cm³/mol. The van der Waals surface area contributed by atoms with Crippen LogP contribution >= 0.6 is 11.6 Å². The van der Waals surface area contributed by atoms with Gasteiger partial charge < -0.3 is 14.8 Å². The van der Waals surface area contributed by atoms with Gasteiger partial charge in [-0.3, -0.25) is 4.79 Å². The molecule has 2 aromatic rings. The zero-order valence-corrected chi connectivity index (χ0v) is 17.0. The molecule has 1 amide bonds. The third-order valence-electron chi connectivity index (χ3n) is 4.71. The summed E-state index contributed by atoms with van der Waals surface area (Å²) in [5, 5.41) is 3.66. The zero-order valence-electron chi connectivity index (χ0n) is 16.2. The van der Waals surface area contributed by atoms with Crippen LogP contribution in [0.2, 0.25) is 5.02 Å². The van der Waals surface area contributed by atoms with Crippen molar-refractivity contribution in [1.82, 2.24) is 5.32 Å². The average molecular weight is 388 g/mol. The number of fused-ring (bicyclic) bond motifs is 1. The minimum absolute atomic E-state index is 0.125. The van der Waals surface area contributed by atoms with Gasteiger partial charge in [-0.2, -0.15) is 0 Å². The predicted octanol–water partition coefficient (Wildman–Crippen LogP) is 5.22. The standard InChI is InChI=1S/C22H26ClNO3/c1-5-18(26-20-9-7-6-8-16(20)23)21(25)24-17-13-22(3,4)27-19-11-10-14(2)12-15(17)19/h6-12,17-18H,5,13H2,1-4H3,(H,24,25)/t17-,18-/m0/s1. The van der Waals surface area contributed by atoms with Crippen molar-refractivity contribution in [1.29, 1.82) is 0 Å². The Balaban J connectivity index is 1.80. The summed E-state index contributed by atoms with van der Waals surface area (Å²) in [5.74, 6) is 1.19. The second-order valence-electron chi connectivity index (χ2n) is 7.61. The lowest BCUT2D eigenvalue weighted by Gasteiger charge is -2.38. The Morgan fingerprint density at radius 1 is 1.33 bits per heavy atom. The summed E-state index contributed by atoms with van der Waals surface area (Å²) in [6.07, 6.45) is 0.631. The van der Waals surface area contributed by atoms with Crippen LogP contribution in [-0.2, 0) is 4.79 Å². The van der Waals surface area contributed by atoms with Gasteiger partial charge in [0, 0.05) is 12.0 Å². The number of hydrogen-bond donors (Lipinski definition) is 1. The first-order chi connectivity index (χ1) is 12.8. The molecule has 3 rings (SSSR count). The Labute approximate surface area is 165 Å². The highest BCUT2D eigenvalue weighted by Crippen LogP contribution is 2.40. The van der Waals surface area contributed by atoms with Gasteiger partial charge in [-0.05, 0) is 45.4 Å². The number of hydrogen-bond acceptors (Lipinski definition) is 3. The van der Waals surface area contributed by atoms with E-state index in [0.717, 1.165) is 16.9 Å². The fourth-order valence-electron chi connectivity index (χ4n) is 3.38. The van der Waals surface area contributed by atoms with Crippen LogP contribution in [0.5, 0.6) is 11.5 Å². The molecule has 5 heteroatoms. The summed E-state index contributed by atoms with van der Waals surface area (Å²) in [5.41, 5.74) is 1.79. The number of carbonyl (C=O) groups is 1. The van der Waals surface area contributed by atoms with Crippen LogP contribution in [0.25, 0.3) is 0 Å². The monoisotopic (exact) mass is 387 g/mol. The van der Waals surface area contributed by atoms with E-state index in [9.17, 15) is 4.79 Å². The van der Waals surface area contributed by atoms with E-state index in [1.807, 2.05) is 52.0 Å². The molecule has 1 aliphatic heterocycles. The normalized spacial score (nSPS) is 18.8. The Kier molecular flexibility index (Phi) is 5.66. The van der Waals surface area contributed by atoms with Crippen LogP contribution in [0.3, 0.4) is 0 Å². The molecule has 0 bridgehead atoms. The van der Waals surface area contributed by atoms with Crippen LogP contribution < -0.4 is 14.8 Å². The fourth-order valence-corrected chi connectivity index (χ4v) is 3.56. The van der Waals surface area contributed by atoms with Crippen molar-refractivity contribution in [2.45, 2.75) is 58.3 Å². The summed E-state index contributed by atoms with van der Waals surface area (Å²) in [7, 11) is 0. The van der Waals surface area contributed by atoms with Crippen LogP contribution in [0, 0.1) is 6.92 Å². The first kappa shape index (κ1) is 19.6. The molecule has 0 fully saturated rings. The van der Waals surface area contributed by atoms with E-state index >= 15 is 0 Å². The smallest absolute Gasteiger partial charge is 0.261 e. The van der Waals surface area contributed by atoms with Gasteiger partial charge in [-0.25, -0.2) is 0 Å². The molecule has 2 atom stereocenters. The van der Waals surface area contributed by atoms with Gasteiger partial charge in [0.2, 0.25) is 0 Å². The van der Waals surface area contributed by atoms with Crippen LogP contribution in [0.15, 0.2) is 42.5 Å². The molecule has 1 N–H and O–H groups in total. The SMILES string of the molecule is CC[C@H](Oc1ccccc1Cl)C(=O)N[C@H]1CC(C)(C)Oc2ccc(C)cc21. The van der Waals surface area contributed by atoms with Gasteiger partial charge in [0.15, 0.2) is 6.10 Å². The molecule has 0 radical (unpaired) electrons. The van der Waals surface area contributed by atoms with E-state index < -0.39 is 6.10 Å². The maximum absolute atomic E-state index is 12.9. The van der Waals surface area contributed by atoms with Crippen molar-refractivity contribution >= 4 is 17.5 Å². The number of para-hydroxylation sites is 1. The van der Waals surface area contributed by atoms with Crippen molar-refractivity contribution in [2.24, 2.45) is 0 Å². The van der Waals surface area contributed by atoms with Crippen LogP contribution in [-0.4, -0.2) is 17.6 Å². The molecular weight excluding hydrogens is 362 g/mol. The molecule has 2 aromatic carbocycles. The first-order valence-electron chi connectivity index (χ1n) is 9.30. The number of carbonyl (C=O) groups excluding carboxylic acids is 1. The molecule has 0 aromatic heterocycles. The number of halogens is 1. The second kappa shape index (κ2) is 7.81. The van der Waals surface area contributed by atoms with Crippen molar-refractivity contribution in [3.05, 3.63) is 58.6 Å². The summed E-state index contributed by atoms with van der Waals surface area (Å²) in [6, 6.07) is 13.1. The molecule has 4 nitrogen and oxygen atoms in total. The minimum Gasteiger partial charge on any atom is -0.487 e. The molecule has 0 saturated heterocycles. The maximum Gasteiger partial charge on any atom is 0.261 e.